The first kappa shape index (κ1) is 14.4. The van der Waals surface area contributed by atoms with Crippen LogP contribution in [-0.4, -0.2) is 49.6 Å². The van der Waals surface area contributed by atoms with Crippen LogP contribution in [0.25, 0.3) is 0 Å². The third-order valence-corrected chi connectivity index (χ3v) is 4.21. The second kappa shape index (κ2) is 6.96. The summed E-state index contributed by atoms with van der Waals surface area (Å²) in [6, 6.07) is 8.75. The molecule has 3 rings (SSSR count). The maximum absolute atomic E-state index is 5.56. The topological polar surface area (TPSA) is 24.9 Å². The summed E-state index contributed by atoms with van der Waals surface area (Å²) >= 11 is 0. The van der Waals surface area contributed by atoms with Crippen LogP contribution in [-0.2, 0) is 16.0 Å². The van der Waals surface area contributed by atoms with Crippen molar-refractivity contribution in [3.8, 4) is 0 Å². The van der Waals surface area contributed by atoms with Gasteiger partial charge in [0.25, 0.3) is 0 Å². The van der Waals surface area contributed by atoms with E-state index in [2.05, 4.69) is 41.1 Å². The highest BCUT2D eigenvalue weighted by Crippen LogP contribution is 2.22. The first-order chi connectivity index (χ1) is 10.3. The molecule has 2 aliphatic heterocycles. The minimum Gasteiger partial charge on any atom is -0.494 e. The maximum atomic E-state index is 5.56. The van der Waals surface area contributed by atoms with Crippen molar-refractivity contribution in [2.45, 2.75) is 19.1 Å². The Bertz CT molecular complexity index is 472. The lowest BCUT2D eigenvalue weighted by Gasteiger charge is -2.22. The van der Waals surface area contributed by atoms with E-state index < -0.39 is 0 Å². The zero-order valence-corrected chi connectivity index (χ0v) is 12.7. The zero-order valence-electron chi connectivity index (χ0n) is 12.7. The molecule has 4 heteroatoms. The highest BCUT2D eigenvalue weighted by molar-refractivity contribution is 5.24. The lowest BCUT2D eigenvalue weighted by atomic mass is 10.1. The highest BCUT2D eigenvalue weighted by atomic mass is 16.6. The fraction of sp³-hybridized carbons (Fsp3) is 0.529. The van der Waals surface area contributed by atoms with Gasteiger partial charge in [-0.05, 0) is 37.7 Å². The highest BCUT2D eigenvalue weighted by Gasteiger charge is 2.15. The number of benzene rings is 1. The third-order valence-electron chi connectivity index (χ3n) is 4.21. The minimum atomic E-state index is 0.0240. The van der Waals surface area contributed by atoms with Gasteiger partial charge in [-0.25, -0.2) is 0 Å². The molecule has 0 N–H and O–H groups in total. The summed E-state index contributed by atoms with van der Waals surface area (Å²) in [5.74, 6) is 0. The molecule has 0 unspecified atom stereocenters. The summed E-state index contributed by atoms with van der Waals surface area (Å²) in [6.45, 7) is 6.35. The standard InChI is InChI=1S/C17H24N2O2/c1-18-7-2-8-19(10-9-18)13-15-3-5-16(6-4-15)17-14-20-11-12-21-17/h3-6,11-12,17H,2,7-10,13-14H2,1H3/t17-/m1/s1. The van der Waals surface area contributed by atoms with E-state index in [9.17, 15) is 0 Å². The van der Waals surface area contributed by atoms with Gasteiger partial charge in [0.2, 0.25) is 0 Å². The van der Waals surface area contributed by atoms with Crippen LogP contribution in [0.5, 0.6) is 0 Å². The summed E-state index contributed by atoms with van der Waals surface area (Å²) in [4.78, 5) is 4.96. The SMILES string of the molecule is CN1CCCN(Cc2ccc([C@H]3COC=CO3)cc2)CC1. The van der Waals surface area contributed by atoms with Gasteiger partial charge in [0.15, 0.2) is 6.10 Å². The molecule has 1 atom stereocenters. The molecule has 2 aliphatic rings. The van der Waals surface area contributed by atoms with E-state index >= 15 is 0 Å². The molecule has 1 aromatic carbocycles. The van der Waals surface area contributed by atoms with Crippen molar-refractivity contribution < 1.29 is 9.47 Å². The van der Waals surface area contributed by atoms with Crippen LogP contribution >= 0.6 is 0 Å². The van der Waals surface area contributed by atoms with Crippen LogP contribution in [0.2, 0.25) is 0 Å². The summed E-state index contributed by atoms with van der Waals surface area (Å²) < 4.78 is 10.9. The summed E-state index contributed by atoms with van der Waals surface area (Å²) in [5, 5.41) is 0. The van der Waals surface area contributed by atoms with E-state index in [4.69, 9.17) is 9.47 Å². The predicted octanol–water partition coefficient (Wildman–Crippen LogP) is 2.38. The number of hydrogen-bond donors (Lipinski definition) is 0. The van der Waals surface area contributed by atoms with Crippen LogP contribution in [0.15, 0.2) is 36.8 Å². The lowest BCUT2D eigenvalue weighted by molar-refractivity contribution is 0.0326. The first-order valence-electron chi connectivity index (χ1n) is 7.73. The summed E-state index contributed by atoms with van der Waals surface area (Å²) in [6.07, 6.45) is 4.50. The Morgan fingerprint density at radius 3 is 2.67 bits per heavy atom. The second-order valence-electron chi connectivity index (χ2n) is 5.90. The Morgan fingerprint density at radius 1 is 1.05 bits per heavy atom. The van der Waals surface area contributed by atoms with Gasteiger partial charge in [0, 0.05) is 19.6 Å². The molecule has 1 saturated heterocycles. The number of likely N-dealkylation sites (N-methyl/N-ethyl adjacent to an activating group) is 1. The minimum absolute atomic E-state index is 0.0240. The molecule has 1 aromatic rings. The predicted molar refractivity (Wildman–Crippen MR) is 82.8 cm³/mol. The number of hydrogen-bond acceptors (Lipinski definition) is 4. The fourth-order valence-electron chi connectivity index (χ4n) is 2.88. The van der Waals surface area contributed by atoms with Gasteiger partial charge < -0.3 is 14.4 Å². The van der Waals surface area contributed by atoms with E-state index in [1.165, 1.54) is 30.6 Å². The molecule has 0 saturated carbocycles. The Hall–Kier alpha value is -1.52. The van der Waals surface area contributed by atoms with Crippen molar-refractivity contribution in [3.05, 3.63) is 47.9 Å². The molecule has 0 radical (unpaired) electrons. The molecular weight excluding hydrogens is 264 g/mol. The molecule has 0 bridgehead atoms. The Balaban J connectivity index is 1.57. The first-order valence-corrected chi connectivity index (χ1v) is 7.73. The van der Waals surface area contributed by atoms with Crippen LogP contribution < -0.4 is 0 Å². The maximum Gasteiger partial charge on any atom is 0.157 e. The molecule has 0 amide bonds. The van der Waals surface area contributed by atoms with E-state index in [0.717, 1.165) is 19.6 Å². The van der Waals surface area contributed by atoms with Crippen molar-refractivity contribution in [1.82, 2.24) is 9.80 Å². The number of rotatable bonds is 3. The number of ether oxygens (including phenoxy) is 2. The van der Waals surface area contributed by atoms with Crippen molar-refractivity contribution >= 4 is 0 Å². The molecule has 21 heavy (non-hydrogen) atoms. The number of nitrogens with zero attached hydrogens (tertiary/aromatic N) is 2. The monoisotopic (exact) mass is 288 g/mol. The molecular formula is C17H24N2O2. The van der Waals surface area contributed by atoms with Gasteiger partial charge in [0.05, 0.1) is 0 Å². The summed E-state index contributed by atoms with van der Waals surface area (Å²) in [5.41, 5.74) is 2.55. The van der Waals surface area contributed by atoms with Gasteiger partial charge in [-0.2, -0.15) is 0 Å². The van der Waals surface area contributed by atoms with Crippen LogP contribution in [0, 0.1) is 0 Å². The van der Waals surface area contributed by atoms with Crippen molar-refractivity contribution in [3.63, 3.8) is 0 Å². The summed E-state index contributed by atoms with van der Waals surface area (Å²) in [7, 11) is 2.21. The van der Waals surface area contributed by atoms with Gasteiger partial charge >= 0.3 is 0 Å². The van der Waals surface area contributed by atoms with Crippen LogP contribution in [0.1, 0.15) is 23.7 Å². The molecule has 0 aromatic heterocycles. The van der Waals surface area contributed by atoms with E-state index in [1.54, 1.807) is 12.5 Å². The molecule has 0 aliphatic carbocycles. The lowest BCUT2D eigenvalue weighted by Crippen LogP contribution is -2.28. The molecule has 0 spiro atoms. The van der Waals surface area contributed by atoms with Crippen LogP contribution in [0.4, 0.5) is 0 Å². The average molecular weight is 288 g/mol. The molecule has 2 heterocycles. The van der Waals surface area contributed by atoms with E-state index in [-0.39, 0.29) is 6.10 Å². The quantitative estimate of drug-likeness (QED) is 0.852. The normalized spacial score (nSPS) is 24.1. The zero-order chi connectivity index (χ0) is 14.5. The fourth-order valence-corrected chi connectivity index (χ4v) is 2.88. The van der Waals surface area contributed by atoms with E-state index in [0.29, 0.717) is 6.61 Å². The molecule has 1 fully saturated rings. The van der Waals surface area contributed by atoms with Crippen molar-refractivity contribution in [2.24, 2.45) is 0 Å². The Kier molecular flexibility index (Phi) is 4.78. The van der Waals surface area contributed by atoms with E-state index in [1.807, 2.05) is 0 Å². The molecule has 114 valence electrons. The largest absolute Gasteiger partial charge is 0.494 e. The molecule has 4 nitrogen and oxygen atoms in total. The van der Waals surface area contributed by atoms with Gasteiger partial charge in [0.1, 0.15) is 19.1 Å². The Morgan fingerprint density at radius 2 is 1.90 bits per heavy atom. The average Bonchev–Trinajstić information content (AvgIpc) is 2.74. The van der Waals surface area contributed by atoms with Crippen LogP contribution in [0.3, 0.4) is 0 Å². The smallest absolute Gasteiger partial charge is 0.157 e. The Labute approximate surface area is 126 Å². The second-order valence-corrected chi connectivity index (χ2v) is 5.90. The van der Waals surface area contributed by atoms with Crippen molar-refractivity contribution in [2.75, 3.05) is 39.8 Å². The van der Waals surface area contributed by atoms with Gasteiger partial charge in [-0.3, -0.25) is 4.90 Å². The third kappa shape index (κ3) is 3.99. The van der Waals surface area contributed by atoms with Crippen molar-refractivity contribution in [1.29, 1.82) is 0 Å². The van der Waals surface area contributed by atoms with Gasteiger partial charge in [-0.1, -0.05) is 24.3 Å². The van der Waals surface area contributed by atoms with Gasteiger partial charge in [-0.15, -0.1) is 0 Å².